The van der Waals surface area contributed by atoms with E-state index in [0.717, 1.165) is 33.5 Å². The van der Waals surface area contributed by atoms with Crippen LogP contribution in [0.5, 0.6) is 0 Å². The molecule has 0 radical (unpaired) electrons. The average Bonchev–Trinajstić information content (AvgIpc) is 3.38. The van der Waals surface area contributed by atoms with Crippen molar-refractivity contribution in [1.82, 2.24) is 26.3 Å². The number of carbonyl (C=O) groups excluding carboxylic acids is 4. The predicted octanol–water partition coefficient (Wildman–Crippen LogP) is 5.66. The maximum atomic E-state index is 14.1. The number of amides is 4. The van der Waals surface area contributed by atoms with Gasteiger partial charge in [-0.15, -0.1) is 0 Å². The van der Waals surface area contributed by atoms with Crippen LogP contribution in [-0.2, 0) is 49.3 Å². The number of aliphatic carboxylic acids is 1. The highest BCUT2D eigenvalue weighted by atomic mass is 16.6. The number of rotatable bonds is 34. The first-order valence-corrected chi connectivity index (χ1v) is 23.7. The molecule has 0 saturated carbocycles. The van der Waals surface area contributed by atoms with E-state index >= 15 is 0 Å². The van der Waals surface area contributed by atoms with Crippen molar-refractivity contribution in [2.75, 3.05) is 91.1 Å². The van der Waals surface area contributed by atoms with Gasteiger partial charge in [-0.3, -0.25) is 24.0 Å². The quantitative estimate of drug-likeness (QED) is 0.0126. The molecule has 0 unspecified atom stereocenters. The Hall–Kier alpha value is -7.45. The van der Waals surface area contributed by atoms with E-state index in [2.05, 4.69) is 41.6 Å². The molecule has 0 aliphatic rings. The largest absolute Gasteiger partial charge is 0.481 e. The molecule has 6 N–H and O–H groups in total. The van der Waals surface area contributed by atoms with Crippen LogP contribution in [0.25, 0.3) is 32.3 Å². The number of carboxylic acid groups (broad SMARTS) is 1. The molecule has 5 rings (SSSR count). The number of aryl methyl sites for hydroxylation is 1. The fourth-order valence-electron chi connectivity index (χ4n) is 7.36. The highest BCUT2D eigenvalue weighted by Gasteiger charge is 2.24. The minimum atomic E-state index is -1.11. The van der Waals surface area contributed by atoms with Gasteiger partial charge in [0.05, 0.1) is 78.5 Å². The molecule has 4 amide bonds. The zero-order valence-corrected chi connectivity index (χ0v) is 40.4. The Morgan fingerprint density at radius 1 is 0.708 bits per heavy atom. The van der Waals surface area contributed by atoms with E-state index in [1.54, 1.807) is 24.4 Å². The lowest BCUT2D eigenvalue weighted by atomic mass is 9.93. The van der Waals surface area contributed by atoms with Crippen molar-refractivity contribution in [3.05, 3.63) is 142 Å². The number of ether oxygens (including phenoxy) is 5. The van der Waals surface area contributed by atoms with Crippen molar-refractivity contribution < 1.29 is 52.8 Å². The van der Waals surface area contributed by atoms with Crippen molar-refractivity contribution in [2.45, 2.75) is 44.7 Å². The number of anilines is 1. The van der Waals surface area contributed by atoms with Crippen LogP contribution in [-0.4, -0.2) is 132 Å². The number of benzene rings is 4. The minimum Gasteiger partial charge on any atom is -0.481 e. The molecular weight excluding hydrogens is 927 g/mol. The maximum absolute atomic E-state index is 14.1. The summed E-state index contributed by atoms with van der Waals surface area (Å²) in [7, 11) is 0. The fraction of sp³-hybridized carbons (Fsp3) is 0.385. The first-order chi connectivity index (χ1) is 35.1. The van der Waals surface area contributed by atoms with Gasteiger partial charge in [0, 0.05) is 42.6 Å². The molecule has 5 aromatic rings. The SMILES string of the molecule is Cc1ccnc(NCCCC(=O)NCC(=O)N[C@@H](CC(=O)O)c2ccc(-c3ccc(C(=O)N[C@@H](Cc4ccccc4)C(=O)NCCOCCOCCOCCOCCOCN=[N+]=[N-])c4ccccc34)cc2)c1. The molecule has 1 heterocycles. The Morgan fingerprint density at radius 3 is 2.03 bits per heavy atom. The number of aromatic nitrogens is 1. The molecule has 0 fully saturated rings. The summed E-state index contributed by atoms with van der Waals surface area (Å²) in [5.41, 5.74) is 12.7. The normalized spacial score (nSPS) is 11.7. The lowest BCUT2D eigenvalue weighted by Gasteiger charge is -2.20. The van der Waals surface area contributed by atoms with Gasteiger partial charge >= 0.3 is 5.97 Å². The minimum absolute atomic E-state index is 0.0319. The van der Waals surface area contributed by atoms with Crippen LogP contribution in [0.15, 0.2) is 114 Å². The summed E-state index contributed by atoms with van der Waals surface area (Å²) in [6.45, 7) is 5.47. The van der Waals surface area contributed by atoms with Gasteiger partial charge in [0.2, 0.25) is 17.7 Å². The number of azide groups is 1. The van der Waals surface area contributed by atoms with Crippen molar-refractivity contribution in [3.63, 3.8) is 0 Å². The molecule has 4 aromatic carbocycles. The Balaban J connectivity index is 1.10. The summed E-state index contributed by atoms with van der Waals surface area (Å²) in [6, 6.07) is 29.6. The lowest BCUT2D eigenvalue weighted by Crippen LogP contribution is -2.48. The van der Waals surface area contributed by atoms with Gasteiger partial charge < -0.3 is 55.4 Å². The average molecular weight is 990 g/mol. The highest BCUT2D eigenvalue weighted by molar-refractivity contribution is 6.11. The van der Waals surface area contributed by atoms with Crippen molar-refractivity contribution in [1.29, 1.82) is 0 Å². The number of carboxylic acids is 1. The predicted molar refractivity (Wildman–Crippen MR) is 270 cm³/mol. The monoisotopic (exact) mass is 989 g/mol. The number of hydrogen-bond acceptors (Lipinski definition) is 13. The van der Waals surface area contributed by atoms with E-state index in [9.17, 15) is 29.1 Å². The molecule has 0 saturated heterocycles. The number of nitrogens with one attached hydrogen (secondary N) is 5. The topological polar surface area (TPSA) is 274 Å². The van der Waals surface area contributed by atoms with Crippen LogP contribution in [0.3, 0.4) is 0 Å². The van der Waals surface area contributed by atoms with Crippen LogP contribution in [0.1, 0.15) is 52.4 Å². The first-order valence-electron chi connectivity index (χ1n) is 23.7. The van der Waals surface area contributed by atoms with Gasteiger partial charge in [-0.2, -0.15) is 0 Å². The molecule has 2 atom stereocenters. The smallest absolute Gasteiger partial charge is 0.305 e. The summed E-state index contributed by atoms with van der Waals surface area (Å²) in [5, 5.41) is 28.8. The second-order valence-electron chi connectivity index (χ2n) is 16.3. The van der Waals surface area contributed by atoms with Crippen LogP contribution < -0.4 is 26.6 Å². The summed E-state index contributed by atoms with van der Waals surface area (Å²) in [5.74, 6) is -2.03. The van der Waals surface area contributed by atoms with E-state index in [1.165, 1.54) is 0 Å². The summed E-state index contributed by atoms with van der Waals surface area (Å²) in [6.07, 6.45) is 2.28. The van der Waals surface area contributed by atoms with Crippen LogP contribution in [0.2, 0.25) is 0 Å². The Labute approximate surface area is 418 Å². The summed E-state index contributed by atoms with van der Waals surface area (Å²) >= 11 is 0. The molecule has 1 aromatic heterocycles. The Bertz CT molecular complexity index is 2540. The molecule has 0 spiro atoms. The van der Waals surface area contributed by atoms with Crippen LogP contribution in [0, 0.1) is 6.92 Å². The first kappa shape index (κ1) is 55.5. The zero-order valence-electron chi connectivity index (χ0n) is 40.4. The third kappa shape index (κ3) is 20.1. The third-order valence-electron chi connectivity index (χ3n) is 10.9. The summed E-state index contributed by atoms with van der Waals surface area (Å²) < 4.78 is 27.0. The van der Waals surface area contributed by atoms with Gasteiger partial charge in [-0.25, -0.2) is 4.98 Å². The van der Waals surface area contributed by atoms with Crippen LogP contribution >= 0.6 is 0 Å². The third-order valence-corrected chi connectivity index (χ3v) is 10.9. The Kier molecular flexibility index (Phi) is 24.4. The van der Waals surface area contributed by atoms with Gasteiger partial charge in [-0.05, 0) is 75.7 Å². The molecule has 0 aliphatic carbocycles. The van der Waals surface area contributed by atoms with Crippen molar-refractivity contribution in [2.24, 2.45) is 5.11 Å². The standard InChI is InChI=1S/C52H63N9O11/c1-37-19-21-55-47(32-37)54-20-7-12-48(62)57-35-49(63)59-45(34-50(64)65)40-15-13-39(14-16-40)41-17-18-44(43-11-6-5-10-42(41)43)51(66)60-46(33-38-8-3-2-4-9-38)52(67)56-22-23-68-24-25-69-26-27-70-28-29-71-30-31-72-36-58-61-53/h2-6,8-11,13-19,21,32,45-46H,7,12,20,22-31,33-36H2,1H3,(H,54,55)(H,56,67)(H,57,62)(H,59,63)(H,60,66)(H,64,65)/t45-,46-/m0/s1. The molecular formula is C52H63N9O11. The molecule has 20 nitrogen and oxygen atoms in total. The number of carbonyl (C=O) groups is 5. The van der Waals surface area contributed by atoms with Crippen molar-refractivity contribution >= 4 is 46.2 Å². The second kappa shape index (κ2) is 31.7. The van der Waals surface area contributed by atoms with E-state index in [0.29, 0.717) is 82.3 Å². The van der Waals surface area contributed by atoms with Gasteiger partial charge in [0.1, 0.15) is 18.6 Å². The van der Waals surface area contributed by atoms with Gasteiger partial charge in [0.15, 0.2) is 0 Å². The molecule has 382 valence electrons. The van der Waals surface area contributed by atoms with E-state index < -0.39 is 29.9 Å². The van der Waals surface area contributed by atoms with Crippen molar-refractivity contribution in [3.8, 4) is 11.1 Å². The van der Waals surface area contributed by atoms with Gasteiger partial charge in [0.25, 0.3) is 5.91 Å². The number of pyridine rings is 1. The van der Waals surface area contributed by atoms with Gasteiger partial charge in [-0.1, -0.05) is 90.0 Å². The number of nitrogens with zero attached hydrogens (tertiary/aromatic N) is 4. The number of fused-ring (bicyclic) bond motifs is 1. The molecule has 20 heteroatoms. The zero-order chi connectivity index (χ0) is 51.2. The van der Waals surface area contributed by atoms with E-state index in [4.69, 9.17) is 29.2 Å². The van der Waals surface area contributed by atoms with Crippen LogP contribution in [0.4, 0.5) is 5.82 Å². The van der Waals surface area contributed by atoms with E-state index in [1.807, 2.05) is 91.9 Å². The molecule has 72 heavy (non-hydrogen) atoms. The lowest BCUT2D eigenvalue weighted by molar-refractivity contribution is -0.138. The Morgan fingerprint density at radius 2 is 1.36 bits per heavy atom. The summed E-state index contributed by atoms with van der Waals surface area (Å²) in [4.78, 5) is 71.8. The van der Waals surface area contributed by atoms with E-state index in [-0.39, 0.29) is 57.5 Å². The number of hydrogen-bond donors (Lipinski definition) is 6. The molecule has 0 bridgehead atoms. The highest BCUT2D eigenvalue weighted by Crippen LogP contribution is 2.32. The maximum Gasteiger partial charge on any atom is 0.305 e. The molecule has 0 aliphatic heterocycles. The second-order valence-corrected chi connectivity index (χ2v) is 16.3. The fourth-order valence-corrected chi connectivity index (χ4v) is 7.36.